The van der Waals surface area contributed by atoms with Crippen molar-refractivity contribution in [3.8, 4) is 0 Å². The maximum Gasteiger partial charge on any atom is 0.240 e. The van der Waals surface area contributed by atoms with Gasteiger partial charge in [-0.3, -0.25) is 14.5 Å². The Bertz CT molecular complexity index is 346. The molecule has 132 valence electrons. The molecular formula is C14H30Cl2N4O2. The van der Waals surface area contributed by atoms with E-state index in [4.69, 9.17) is 5.73 Å². The van der Waals surface area contributed by atoms with Crippen molar-refractivity contribution in [2.75, 3.05) is 26.7 Å². The third kappa shape index (κ3) is 7.63. The van der Waals surface area contributed by atoms with Crippen molar-refractivity contribution < 1.29 is 9.59 Å². The first-order valence-electron chi connectivity index (χ1n) is 7.41. The van der Waals surface area contributed by atoms with Gasteiger partial charge in [-0.15, -0.1) is 24.8 Å². The second kappa shape index (κ2) is 11.0. The molecule has 0 spiro atoms. The van der Waals surface area contributed by atoms with Crippen LogP contribution in [0.2, 0.25) is 0 Å². The molecule has 22 heavy (non-hydrogen) atoms. The summed E-state index contributed by atoms with van der Waals surface area (Å²) in [6, 6.07) is 0.170. The second-order valence-electron chi connectivity index (χ2n) is 5.86. The van der Waals surface area contributed by atoms with Gasteiger partial charge in [0.15, 0.2) is 0 Å². The molecule has 0 aliphatic carbocycles. The first-order valence-corrected chi connectivity index (χ1v) is 7.41. The van der Waals surface area contributed by atoms with Crippen molar-refractivity contribution in [2.45, 2.75) is 51.1 Å². The van der Waals surface area contributed by atoms with E-state index >= 15 is 0 Å². The fourth-order valence-electron chi connectivity index (χ4n) is 2.50. The first kappa shape index (κ1) is 23.7. The molecule has 0 radical (unpaired) electrons. The minimum Gasteiger partial charge on any atom is -0.358 e. The Balaban J connectivity index is 0. The number of piperidine rings is 1. The number of nitrogens with zero attached hydrogens (tertiary/aromatic N) is 1. The standard InChI is InChI=1S/C14H28N4O2.2ClH/c1-4-7-14(2,15)13(20)17-11-5-8-18(9-6-11)10-12(19)16-3;;/h11H,4-10,15H2,1-3H3,(H,16,19)(H,17,20);2*1H. The lowest BCUT2D eigenvalue weighted by Crippen LogP contribution is -2.56. The summed E-state index contributed by atoms with van der Waals surface area (Å²) in [6.07, 6.45) is 3.31. The number of hydrogen-bond acceptors (Lipinski definition) is 4. The van der Waals surface area contributed by atoms with Crippen LogP contribution in [0, 0.1) is 0 Å². The fraction of sp³-hybridized carbons (Fsp3) is 0.857. The van der Waals surface area contributed by atoms with Crippen LogP contribution < -0.4 is 16.4 Å². The average molecular weight is 357 g/mol. The highest BCUT2D eigenvalue weighted by atomic mass is 35.5. The first-order chi connectivity index (χ1) is 9.39. The van der Waals surface area contributed by atoms with Crippen LogP contribution in [-0.4, -0.2) is 55.0 Å². The van der Waals surface area contributed by atoms with Crippen LogP contribution in [0.4, 0.5) is 0 Å². The van der Waals surface area contributed by atoms with Crippen LogP contribution in [0.5, 0.6) is 0 Å². The minimum atomic E-state index is -0.784. The van der Waals surface area contributed by atoms with E-state index in [1.54, 1.807) is 14.0 Å². The zero-order chi connectivity index (χ0) is 15.2. The molecule has 1 saturated heterocycles. The molecule has 1 aliphatic heterocycles. The van der Waals surface area contributed by atoms with Gasteiger partial charge in [0.1, 0.15) is 0 Å². The molecule has 0 aromatic heterocycles. The topological polar surface area (TPSA) is 87.5 Å². The summed E-state index contributed by atoms with van der Waals surface area (Å²) in [5, 5.41) is 5.66. The van der Waals surface area contributed by atoms with Crippen LogP contribution >= 0.6 is 24.8 Å². The molecule has 0 aromatic carbocycles. The Morgan fingerprint density at radius 2 is 1.82 bits per heavy atom. The average Bonchev–Trinajstić information content (AvgIpc) is 2.40. The van der Waals surface area contributed by atoms with Gasteiger partial charge in [0.05, 0.1) is 12.1 Å². The number of rotatable bonds is 6. The molecule has 0 aromatic rings. The van der Waals surface area contributed by atoms with Gasteiger partial charge in [0.2, 0.25) is 11.8 Å². The lowest BCUT2D eigenvalue weighted by molar-refractivity contribution is -0.127. The molecule has 0 bridgehead atoms. The maximum atomic E-state index is 12.1. The summed E-state index contributed by atoms with van der Waals surface area (Å²) in [5.41, 5.74) is 5.24. The minimum absolute atomic E-state index is 0. The van der Waals surface area contributed by atoms with Crippen LogP contribution in [-0.2, 0) is 9.59 Å². The van der Waals surface area contributed by atoms with Gasteiger partial charge in [0.25, 0.3) is 0 Å². The molecule has 1 rings (SSSR count). The van der Waals surface area contributed by atoms with Crippen molar-refractivity contribution in [3.05, 3.63) is 0 Å². The number of carbonyl (C=O) groups excluding carboxylic acids is 2. The molecule has 2 amide bonds. The third-order valence-corrected chi connectivity index (χ3v) is 3.86. The largest absolute Gasteiger partial charge is 0.358 e. The highest BCUT2D eigenvalue weighted by molar-refractivity contribution is 5.86. The Hall–Kier alpha value is -0.560. The predicted molar refractivity (Wildman–Crippen MR) is 93.7 cm³/mol. The van der Waals surface area contributed by atoms with Crippen LogP contribution in [0.25, 0.3) is 0 Å². The van der Waals surface area contributed by atoms with Crippen LogP contribution in [0.15, 0.2) is 0 Å². The monoisotopic (exact) mass is 356 g/mol. The highest BCUT2D eigenvalue weighted by Gasteiger charge is 2.30. The Morgan fingerprint density at radius 3 is 2.27 bits per heavy atom. The molecule has 1 aliphatic rings. The van der Waals surface area contributed by atoms with Gasteiger partial charge in [-0.05, 0) is 26.2 Å². The Labute approximate surface area is 145 Å². The zero-order valence-corrected chi connectivity index (χ0v) is 15.3. The second-order valence-corrected chi connectivity index (χ2v) is 5.86. The molecule has 1 atom stereocenters. The van der Waals surface area contributed by atoms with Gasteiger partial charge in [-0.25, -0.2) is 0 Å². The van der Waals surface area contributed by atoms with Gasteiger partial charge < -0.3 is 16.4 Å². The lowest BCUT2D eigenvalue weighted by atomic mass is 9.95. The van der Waals surface area contributed by atoms with E-state index in [1.165, 1.54) is 0 Å². The van der Waals surface area contributed by atoms with E-state index in [2.05, 4.69) is 15.5 Å². The smallest absolute Gasteiger partial charge is 0.240 e. The van der Waals surface area contributed by atoms with E-state index in [0.29, 0.717) is 13.0 Å². The molecule has 8 heteroatoms. The summed E-state index contributed by atoms with van der Waals surface area (Å²) >= 11 is 0. The van der Waals surface area contributed by atoms with Crippen molar-refractivity contribution >= 4 is 36.6 Å². The van der Waals surface area contributed by atoms with Crippen LogP contribution in [0.1, 0.15) is 39.5 Å². The third-order valence-electron chi connectivity index (χ3n) is 3.86. The highest BCUT2D eigenvalue weighted by Crippen LogP contribution is 2.13. The summed E-state index contributed by atoms with van der Waals surface area (Å²) in [7, 11) is 1.64. The summed E-state index contributed by atoms with van der Waals surface area (Å²) in [6.45, 7) is 5.89. The van der Waals surface area contributed by atoms with E-state index in [1.807, 2.05) is 6.92 Å². The SMILES string of the molecule is CCCC(C)(N)C(=O)NC1CCN(CC(=O)NC)CC1.Cl.Cl. The predicted octanol–water partition coefficient (Wildman–Crippen LogP) is 0.674. The Morgan fingerprint density at radius 1 is 1.27 bits per heavy atom. The van der Waals surface area contributed by atoms with Gasteiger partial charge >= 0.3 is 0 Å². The van der Waals surface area contributed by atoms with Crippen molar-refractivity contribution in [1.29, 1.82) is 0 Å². The summed E-state index contributed by atoms with van der Waals surface area (Å²) in [5.74, 6) is -0.0333. The molecule has 6 nitrogen and oxygen atoms in total. The van der Waals surface area contributed by atoms with Gasteiger partial charge in [0, 0.05) is 26.2 Å². The van der Waals surface area contributed by atoms with E-state index in [-0.39, 0.29) is 42.7 Å². The molecule has 1 unspecified atom stereocenters. The number of hydrogen-bond donors (Lipinski definition) is 3. The molecule has 1 fully saturated rings. The molecule has 1 heterocycles. The number of likely N-dealkylation sites (N-methyl/N-ethyl adjacent to an activating group) is 1. The summed E-state index contributed by atoms with van der Waals surface area (Å²) in [4.78, 5) is 25.5. The van der Waals surface area contributed by atoms with E-state index in [0.717, 1.165) is 32.4 Å². The van der Waals surface area contributed by atoms with Gasteiger partial charge in [-0.2, -0.15) is 0 Å². The fourth-order valence-corrected chi connectivity index (χ4v) is 2.50. The number of amides is 2. The number of nitrogens with two attached hydrogens (primary N) is 1. The quantitative estimate of drug-likeness (QED) is 0.652. The lowest BCUT2D eigenvalue weighted by Gasteiger charge is -2.33. The number of nitrogens with one attached hydrogen (secondary N) is 2. The molecular weight excluding hydrogens is 327 g/mol. The Kier molecular flexibility index (Phi) is 11.9. The van der Waals surface area contributed by atoms with Crippen molar-refractivity contribution in [2.24, 2.45) is 5.73 Å². The molecule has 4 N–H and O–H groups in total. The maximum absolute atomic E-state index is 12.1. The number of halogens is 2. The normalized spacial score (nSPS) is 18.4. The zero-order valence-electron chi connectivity index (χ0n) is 13.7. The van der Waals surface area contributed by atoms with Gasteiger partial charge in [-0.1, -0.05) is 13.3 Å². The van der Waals surface area contributed by atoms with Crippen LogP contribution in [0.3, 0.4) is 0 Å². The van der Waals surface area contributed by atoms with E-state index < -0.39 is 5.54 Å². The number of carbonyl (C=O) groups is 2. The van der Waals surface area contributed by atoms with Crippen molar-refractivity contribution in [1.82, 2.24) is 15.5 Å². The molecule has 0 saturated carbocycles. The summed E-state index contributed by atoms with van der Waals surface area (Å²) < 4.78 is 0. The van der Waals surface area contributed by atoms with E-state index in [9.17, 15) is 9.59 Å². The number of likely N-dealkylation sites (tertiary alicyclic amines) is 1. The van der Waals surface area contributed by atoms with Crippen molar-refractivity contribution in [3.63, 3.8) is 0 Å².